The van der Waals surface area contributed by atoms with Crippen LogP contribution in [0.5, 0.6) is 0 Å². The Morgan fingerprint density at radius 3 is 1.96 bits per heavy atom. The molecule has 0 unspecified atom stereocenters. The highest BCUT2D eigenvalue weighted by molar-refractivity contribution is 5.98. The molecule has 3 nitrogen and oxygen atoms in total. The van der Waals surface area contributed by atoms with Crippen molar-refractivity contribution >= 4 is 21.9 Å². The molecule has 3 aromatic carbocycles. The Hall–Kier alpha value is -3.59. The Morgan fingerprint density at radius 2 is 1.19 bits per heavy atom. The number of fused-ring (bicyclic) bond motifs is 2. The number of rotatable bonds is 2. The fourth-order valence-electron chi connectivity index (χ4n) is 3.19. The average Bonchev–Trinajstić information content (AvgIpc) is 2.73. The predicted octanol–water partition coefficient (Wildman–Crippen LogP) is 5.51. The van der Waals surface area contributed by atoms with Gasteiger partial charge in [-0.2, -0.15) is 0 Å². The van der Waals surface area contributed by atoms with E-state index in [0.29, 0.717) is 5.82 Å². The highest BCUT2D eigenvalue weighted by atomic mass is 14.9. The molecule has 5 aromatic rings. The lowest BCUT2D eigenvalue weighted by molar-refractivity contribution is 1.20. The summed E-state index contributed by atoms with van der Waals surface area (Å²) in [4.78, 5) is 14.5. The molecule has 0 amide bonds. The Morgan fingerprint density at radius 1 is 0.538 bits per heavy atom. The van der Waals surface area contributed by atoms with Crippen molar-refractivity contribution in [2.45, 2.75) is 0 Å². The summed E-state index contributed by atoms with van der Waals surface area (Å²) in [5.41, 5.74) is 4.62. The summed E-state index contributed by atoms with van der Waals surface area (Å²) in [6, 6.07) is 30.5. The standard InChI is InChI=1S/C23H15N3/c1-3-9-16(10-4-1)21-19-15-18-13-7-8-14-20(18)24-23(19)26-22(25-21)17-11-5-2-6-12-17/h1-15H. The third-order valence-electron chi connectivity index (χ3n) is 4.47. The monoisotopic (exact) mass is 333 g/mol. The maximum absolute atomic E-state index is 4.90. The second kappa shape index (κ2) is 6.05. The van der Waals surface area contributed by atoms with Crippen molar-refractivity contribution in [1.29, 1.82) is 0 Å². The van der Waals surface area contributed by atoms with Gasteiger partial charge < -0.3 is 0 Å². The minimum atomic E-state index is 0.694. The molecule has 0 saturated heterocycles. The van der Waals surface area contributed by atoms with Gasteiger partial charge in [-0.25, -0.2) is 15.0 Å². The van der Waals surface area contributed by atoms with Crippen LogP contribution in [-0.2, 0) is 0 Å². The lowest BCUT2D eigenvalue weighted by Crippen LogP contribution is -1.97. The minimum Gasteiger partial charge on any atom is -0.228 e. The molecule has 0 atom stereocenters. The topological polar surface area (TPSA) is 38.7 Å². The van der Waals surface area contributed by atoms with Crippen molar-refractivity contribution in [2.75, 3.05) is 0 Å². The molecule has 26 heavy (non-hydrogen) atoms. The van der Waals surface area contributed by atoms with Crippen LogP contribution in [0.4, 0.5) is 0 Å². The molecule has 0 N–H and O–H groups in total. The van der Waals surface area contributed by atoms with Crippen molar-refractivity contribution in [3.63, 3.8) is 0 Å². The van der Waals surface area contributed by atoms with Gasteiger partial charge in [0.1, 0.15) is 0 Å². The first-order valence-electron chi connectivity index (χ1n) is 8.57. The normalized spacial score (nSPS) is 11.1. The lowest BCUT2D eigenvalue weighted by atomic mass is 10.1. The summed E-state index contributed by atoms with van der Waals surface area (Å²) in [5.74, 6) is 0.694. The van der Waals surface area contributed by atoms with Gasteiger partial charge in [0.15, 0.2) is 11.5 Å². The molecule has 0 aliphatic rings. The van der Waals surface area contributed by atoms with E-state index >= 15 is 0 Å². The van der Waals surface area contributed by atoms with E-state index in [0.717, 1.165) is 38.8 Å². The van der Waals surface area contributed by atoms with Crippen molar-refractivity contribution in [2.24, 2.45) is 0 Å². The van der Waals surface area contributed by atoms with Crippen LogP contribution in [0.2, 0.25) is 0 Å². The van der Waals surface area contributed by atoms with Crippen molar-refractivity contribution in [1.82, 2.24) is 15.0 Å². The van der Waals surface area contributed by atoms with Crippen molar-refractivity contribution in [3.05, 3.63) is 91.0 Å². The van der Waals surface area contributed by atoms with E-state index in [-0.39, 0.29) is 0 Å². The van der Waals surface area contributed by atoms with Crippen LogP contribution in [0.3, 0.4) is 0 Å². The number of pyridine rings is 1. The van der Waals surface area contributed by atoms with Gasteiger partial charge in [0.25, 0.3) is 0 Å². The van der Waals surface area contributed by atoms with Crippen LogP contribution in [-0.4, -0.2) is 15.0 Å². The average molecular weight is 333 g/mol. The van der Waals surface area contributed by atoms with Crippen molar-refractivity contribution < 1.29 is 0 Å². The van der Waals surface area contributed by atoms with Gasteiger partial charge in [0.2, 0.25) is 0 Å². The largest absolute Gasteiger partial charge is 0.228 e. The SMILES string of the molecule is c1ccc(-c2nc(-c3ccccc3)c3cc4ccccc4nc3n2)cc1. The fraction of sp³-hybridized carbons (Fsp3) is 0. The summed E-state index contributed by atoms with van der Waals surface area (Å²) in [6.07, 6.45) is 0. The van der Waals surface area contributed by atoms with E-state index < -0.39 is 0 Å². The zero-order valence-corrected chi connectivity index (χ0v) is 14.0. The Bertz CT molecular complexity index is 1220. The predicted molar refractivity (Wildman–Crippen MR) is 106 cm³/mol. The van der Waals surface area contributed by atoms with Gasteiger partial charge in [-0.15, -0.1) is 0 Å². The van der Waals surface area contributed by atoms with Crippen LogP contribution < -0.4 is 0 Å². The van der Waals surface area contributed by atoms with E-state index in [2.05, 4.69) is 24.3 Å². The quantitative estimate of drug-likeness (QED) is 0.400. The molecule has 0 aliphatic heterocycles. The van der Waals surface area contributed by atoms with Gasteiger partial charge in [-0.1, -0.05) is 78.9 Å². The maximum Gasteiger partial charge on any atom is 0.164 e. The molecule has 122 valence electrons. The Labute approximate surface area is 151 Å². The van der Waals surface area contributed by atoms with E-state index in [1.54, 1.807) is 0 Å². The fourth-order valence-corrected chi connectivity index (χ4v) is 3.19. The first-order valence-corrected chi connectivity index (χ1v) is 8.57. The maximum atomic E-state index is 4.90. The number of nitrogens with zero attached hydrogens (tertiary/aromatic N) is 3. The number of hydrogen-bond donors (Lipinski definition) is 0. The number of hydrogen-bond acceptors (Lipinski definition) is 3. The van der Waals surface area contributed by atoms with Crippen LogP contribution in [0.25, 0.3) is 44.6 Å². The molecule has 0 bridgehead atoms. The summed E-state index contributed by atoms with van der Waals surface area (Å²) >= 11 is 0. The van der Waals surface area contributed by atoms with Crippen LogP contribution >= 0.6 is 0 Å². The Balaban J connectivity index is 1.88. The third kappa shape index (κ3) is 2.50. The molecule has 3 heteroatoms. The molecule has 0 spiro atoms. The molecule has 0 saturated carbocycles. The smallest absolute Gasteiger partial charge is 0.164 e. The highest BCUT2D eigenvalue weighted by Crippen LogP contribution is 2.30. The third-order valence-corrected chi connectivity index (χ3v) is 4.47. The van der Waals surface area contributed by atoms with Crippen LogP contribution in [0.15, 0.2) is 91.0 Å². The van der Waals surface area contributed by atoms with Crippen LogP contribution in [0, 0.1) is 0 Å². The first kappa shape index (κ1) is 14.7. The molecular formula is C23H15N3. The van der Waals surface area contributed by atoms with Gasteiger partial charge in [0, 0.05) is 21.9 Å². The van der Waals surface area contributed by atoms with E-state index in [1.165, 1.54) is 0 Å². The molecule has 2 aromatic heterocycles. The van der Waals surface area contributed by atoms with Gasteiger partial charge in [0.05, 0.1) is 11.2 Å². The molecule has 0 radical (unpaired) electrons. The number of para-hydroxylation sites is 1. The second-order valence-electron chi connectivity index (χ2n) is 6.18. The Kier molecular flexibility index (Phi) is 3.42. The van der Waals surface area contributed by atoms with E-state index in [4.69, 9.17) is 15.0 Å². The molecule has 0 aliphatic carbocycles. The van der Waals surface area contributed by atoms with Gasteiger partial charge in [-0.05, 0) is 12.1 Å². The highest BCUT2D eigenvalue weighted by Gasteiger charge is 2.13. The van der Waals surface area contributed by atoms with E-state index in [1.807, 2.05) is 66.7 Å². The van der Waals surface area contributed by atoms with E-state index in [9.17, 15) is 0 Å². The lowest BCUT2D eigenvalue weighted by Gasteiger charge is -2.10. The van der Waals surface area contributed by atoms with Gasteiger partial charge in [-0.3, -0.25) is 0 Å². The second-order valence-corrected chi connectivity index (χ2v) is 6.18. The minimum absolute atomic E-state index is 0.694. The van der Waals surface area contributed by atoms with Gasteiger partial charge >= 0.3 is 0 Å². The molecule has 0 fully saturated rings. The molecule has 5 rings (SSSR count). The summed E-state index contributed by atoms with van der Waals surface area (Å²) in [6.45, 7) is 0. The number of benzene rings is 3. The number of aromatic nitrogens is 3. The zero-order valence-electron chi connectivity index (χ0n) is 14.0. The molecular weight excluding hydrogens is 318 g/mol. The van der Waals surface area contributed by atoms with Crippen molar-refractivity contribution in [3.8, 4) is 22.6 Å². The summed E-state index contributed by atoms with van der Waals surface area (Å²) in [7, 11) is 0. The molecule has 2 heterocycles. The van der Waals surface area contributed by atoms with Crippen LogP contribution in [0.1, 0.15) is 0 Å². The summed E-state index contributed by atoms with van der Waals surface area (Å²) < 4.78 is 0. The zero-order chi connectivity index (χ0) is 17.3. The summed E-state index contributed by atoms with van der Waals surface area (Å²) in [5, 5.41) is 2.06. The first-order chi connectivity index (χ1) is 12.9.